The van der Waals surface area contributed by atoms with Crippen molar-refractivity contribution in [3.8, 4) is 0 Å². The number of carbonyl (C=O) groups is 2. The van der Waals surface area contributed by atoms with Crippen LogP contribution in [0.25, 0.3) is 0 Å². The average molecular weight is 354 g/mol. The summed E-state index contributed by atoms with van der Waals surface area (Å²) in [5.74, 6) is -0.854. The van der Waals surface area contributed by atoms with Gasteiger partial charge in [0.25, 0.3) is 0 Å². The highest BCUT2D eigenvalue weighted by molar-refractivity contribution is 9.10. The molecule has 2 amide bonds. The Morgan fingerprint density at radius 2 is 2.14 bits per heavy atom. The highest BCUT2D eigenvalue weighted by atomic mass is 79.9. The number of hydrogen-bond donors (Lipinski definition) is 1. The second kappa shape index (κ2) is 7.56. The maximum absolute atomic E-state index is 12.2. The van der Waals surface area contributed by atoms with Crippen molar-refractivity contribution in [3.05, 3.63) is 34.3 Å². The molecule has 0 radical (unpaired) electrons. The van der Waals surface area contributed by atoms with E-state index in [0.29, 0.717) is 19.6 Å². The standard InChI is InChI=1S/C15H20BrN3O2/c1-18(11-12-4-2-5-13(16)10-12)14(20)15(21)19-8-3-6-17-7-9-19/h2,4-5,10,17H,3,6-9,11H2,1H3. The van der Waals surface area contributed by atoms with Gasteiger partial charge in [-0.15, -0.1) is 0 Å². The van der Waals surface area contributed by atoms with Crippen molar-refractivity contribution in [3.63, 3.8) is 0 Å². The van der Waals surface area contributed by atoms with Crippen molar-refractivity contribution in [2.75, 3.05) is 33.2 Å². The quantitative estimate of drug-likeness (QED) is 0.813. The van der Waals surface area contributed by atoms with Gasteiger partial charge in [-0.1, -0.05) is 28.1 Å². The van der Waals surface area contributed by atoms with Gasteiger partial charge in [0, 0.05) is 37.7 Å². The molecule has 114 valence electrons. The largest absolute Gasteiger partial charge is 0.333 e. The summed E-state index contributed by atoms with van der Waals surface area (Å²) in [7, 11) is 1.66. The van der Waals surface area contributed by atoms with Crippen molar-refractivity contribution in [2.45, 2.75) is 13.0 Å². The summed E-state index contributed by atoms with van der Waals surface area (Å²) < 4.78 is 0.964. The fraction of sp³-hybridized carbons (Fsp3) is 0.467. The first-order valence-electron chi connectivity index (χ1n) is 7.07. The molecule has 2 rings (SSSR count). The molecule has 1 heterocycles. The molecule has 1 aliphatic rings. The Balaban J connectivity index is 1.96. The molecule has 1 aromatic rings. The molecule has 0 aliphatic carbocycles. The van der Waals surface area contributed by atoms with Crippen LogP contribution in [0.1, 0.15) is 12.0 Å². The van der Waals surface area contributed by atoms with Crippen LogP contribution in [-0.2, 0) is 16.1 Å². The fourth-order valence-corrected chi connectivity index (χ4v) is 2.77. The van der Waals surface area contributed by atoms with E-state index in [1.807, 2.05) is 24.3 Å². The zero-order valence-electron chi connectivity index (χ0n) is 12.1. The number of halogens is 1. The second-order valence-corrected chi connectivity index (χ2v) is 6.10. The van der Waals surface area contributed by atoms with E-state index in [2.05, 4.69) is 21.2 Å². The molecule has 0 aromatic heterocycles. The number of hydrogen-bond acceptors (Lipinski definition) is 3. The van der Waals surface area contributed by atoms with Gasteiger partial charge in [0.2, 0.25) is 0 Å². The van der Waals surface area contributed by atoms with Crippen LogP contribution >= 0.6 is 15.9 Å². The summed E-state index contributed by atoms with van der Waals surface area (Å²) in [5.41, 5.74) is 0.991. The normalized spacial score (nSPS) is 15.4. The molecule has 1 fully saturated rings. The van der Waals surface area contributed by atoms with Crippen LogP contribution in [-0.4, -0.2) is 54.8 Å². The molecule has 5 nitrogen and oxygen atoms in total. The van der Waals surface area contributed by atoms with Gasteiger partial charge in [0.05, 0.1) is 0 Å². The van der Waals surface area contributed by atoms with Gasteiger partial charge in [-0.25, -0.2) is 0 Å². The van der Waals surface area contributed by atoms with Crippen molar-refractivity contribution < 1.29 is 9.59 Å². The third-order valence-corrected chi connectivity index (χ3v) is 3.96. The van der Waals surface area contributed by atoms with Crippen molar-refractivity contribution in [1.82, 2.24) is 15.1 Å². The third kappa shape index (κ3) is 4.54. The molecule has 0 saturated carbocycles. The van der Waals surface area contributed by atoms with E-state index in [1.54, 1.807) is 11.9 Å². The molecule has 0 unspecified atom stereocenters. The predicted octanol–water partition coefficient (Wildman–Crippen LogP) is 1.23. The van der Waals surface area contributed by atoms with Gasteiger partial charge in [-0.05, 0) is 30.7 Å². The van der Waals surface area contributed by atoms with Crippen molar-refractivity contribution in [2.24, 2.45) is 0 Å². The van der Waals surface area contributed by atoms with Gasteiger partial charge in [0.1, 0.15) is 0 Å². The number of rotatable bonds is 2. The predicted molar refractivity (Wildman–Crippen MR) is 84.7 cm³/mol. The molecule has 1 aromatic carbocycles. The first kappa shape index (κ1) is 16.0. The number of likely N-dealkylation sites (N-methyl/N-ethyl adjacent to an activating group) is 1. The first-order valence-corrected chi connectivity index (χ1v) is 7.87. The van der Waals surface area contributed by atoms with Gasteiger partial charge >= 0.3 is 11.8 Å². The molecular formula is C15H20BrN3O2. The summed E-state index contributed by atoms with van der Waals surface area (Å²) >= 11 is 3.40. The SMILES string of the molecule is CN(Cc1cccc(Br)c1)C(=O)C(=O)N1CCCNCC1. The summed E-state index contributed by atoms with van der Waals surface area (Å²) in [6.45, 7) is 3.30. The maximum atomic E-state index is 12.2. The number of nitrogens with zero attached hydrogens (tertiary/aromatic N) is 2. The van der Waals surface area contributed by atoms with Crippen molar-refractivity contribution in [1.29, 1.82) is 0 Å². The highest BCUT2D eigenvalue weighted by Gasteiger charge is 2.25. The number of carbonyl (C=O) groups excluding carboxylic acids is 2. The number of benzene rings is 1. The second-order valence-electron chi connectivity index (χ2n) is 5.19. The van der Waals surface area contributed by atoms with Gasteiger partial charge < -0.3 is 15.1 Å². The Hall–Kier alpha value is -1.40. The van der Waals surface area contributed by atoms with Crippen LogP contribution in [0.4, 0.5) is 0 Å². The highest BCUT2D eigenvalue weighted by Crippen LogP contribution is 2.13. The van der Waals surface area contributed by atoms with E-state index < -0.39 is 11.8 Å². The van der Waals surface area contributed by atoms with E-state index >= 15 is 0 Å². The summed E-state index contributed by atoms with van der Waals surface area (Å²) in [6, 6.07) is 7.74. The molecule has 0 atom stereocenters. The molecule has 0 spiro atoms. The van der Waals surface area contributed by atoms with Crippen molar-refractivity contribution >= 4 is 27.7 Å². The monoisotopic (exact) mass is 353 g/mol. The molecule has 21 heavy (non-hydrogen) atoms. The van der Waals surface area contributed by atoms with Crippen LogP contribution in [0.2, 0.25) is 0 Å². The molecule has 1 aliphatic heterocycles. The van der Waals surface area contributed by atoms with E-state index in [9.17, 15) is 9.59 Å². The van der Waals surface area contributed by atoms with Crippen LogP contribution < -0.4 is 5.32 Å². The van der Waals surface area contributed by atoms with E-state index in [-0.39, 0.29) is 0 Å². The number of nitrogens with one attached hydrogen (secondary N) is 1. The van der Waals surface area contributed by atoms with E-state index in [1.165, 1.54) is 4.90 Å². The fourth-order valence-electron chi connectivity index (χ4n) is 2.33. The van der Waals surface area contributed by atoms with Gasteiger partial charge in [-0.3, -0.25) is 9.59 Å². The third-order valence-electron chi connectivity index (χ3n) is 3.47. The zero-order valence-corrected chi connectivity index (χ0v) is 13.7. The minimum absolute atomic E-state index is 0.406. The van der Waals surface area contributed by atoms with E-state index in [4.69, 9.17) is 0 Å². The topological polar surface area (TPSA) is 52.7 Å². The van der Waals surface area contributed by atoms with Crippen LogP contribution in [0.5, 0.6) is 0 Å². The lowest BCUT2D eigenvalue weighted by molar-refractivity contribution is -0.151. The first-order chi connectivity index (χ1) is 10.1. The molecular weight excluding hydrogens is 334 g/mol. The minimum atomic E-state index is -0.447. The van der Waals surface area contributed by atoms with E-state index in [0.717, 1.165) is 29.5 Å². The lowest BCUT2D eigenvalue weighted by atomic mass is 10.2. The Morgan fingerprint density at radius 1 is 1.33 bits per heavy atom. The minimum Gasteiger partial charge on any atom is -0.333 e. The lowest BCUT2D eigenvalue weighted by Crippen LogP contribution is -2.44. The van der Waals surface area contributed by atoms with Crippen LogP contribution in [0, 0.1) is 0 Å². The van der Waals surface area contributed by atoms with Gasteiger partial charge in [0.15, 0.2) is 0 Å². The zero-order chi connectivity index (χ0) is 15.2. The molecule has 1 saturated heterocycles. The molecule has 6 heteroatoms. The summed E-state index contributed by atoms with van der Waals surface area (Å²) in [5, 5.41) is 3.22. The molecule has 1 N–H and O–H groups in total. The average Bonchev–Trinajstić information content (AvgIpc) is 2.74. The Labute approximate surface area is 133 Å². The Kier molecular flexibility index (Phi) is 5.76. The lowest BCUT2D eigenvalue weighted by Gasteiger charge is -2.23. The molecule has 0 bridgehead atoms. The maximum Gasteiger partial charge on any atom is 0.312 e. The smallest absolute Gasteiger partial charge is 0.312 e. The van der Waals surface area contributed by atoms with Crippen LogP contribution in [0.3, 0.4) is 0 Å². The Bertz CT molecular complexity index is 513. The van der Waals surface area contributed by atoms with Gasteiger partial charge in [-0.2, -0.15) is 0 Å². The summed E-state index contributed by atoms with van der Waals surface area (Å²) in [4.78, 5) is 27.6. The number of amides is 2. The Morgan fingerprint density at radius 3 is 2.90 bits per heavy atom. The summed E-state index contributed by atoms with van der Waals surface area (Å²) in [6.07, 6.45) is 0.883. The van der Waals surface area contributed by atoms with Crippen LogP contribution in [0.15, 0.2) is 28.7 Å².